The van der Waals surface area contributed by atoms with Crippen LogP contribution in [0.25, 0.3) is 16.9 Å². The maximum absolute atomic E-state index is 13.9. The van der Waals surface area contributed by atoms with Crippen molar-refractivity contribution in [3.8, 4) is 11.3 Å². The van der Waals surface area contributed by atoms with E-state index in [1.54, 1.807) is 43.3 Å². The second-order valence-corrected chi connectivity index (χ2v) is 9.71. The summed E-state index contributed by atoms with van der Waals surface area (Å²) in [4.78, 5) is 44.5. The molecule has 1 aliphatic heterocycles. The van der Waals surface area contributed by atoms with Gasteiger partial charge in [0.2, 0.25) is 0 Å². The van der Waals surface area contributed by atoms with E-state index in [0.717, 1.165) is 17.2 Å². The number of hydrogen-bond acceptors (Lipinski definition) is 5. The molecule has 0 spiro atoms. The van der Waals surface area contributed by atoms with Crippen LogP contribution in [0, 0.1) is 6.92 Å². The number of alkyl halides is 3. The Morgan fingerprint density at radius 2 is 1.66 bits per heavy atom. The van der Waals surface area contributed by atoms with Crippen molar-refractivity contribution in [2.45, 2.75) is 13.1 Å². The maximum atomic E-state index is 13.9. The Morgan fingerprint density at radius 1 is 0.927 bits per heavy atom. The zero-order valence-electron chi connectivity index (χ0n) is 21.0. The first-order valence-corrected chi connectivity index (χ1v) is 12.5. The number of carbonyl (C=O) groups excluding carboxylic acids is 3. The smallest absolute Gasteiger partial charge is 0.322 e. The number of nitrogens with zero attached hydrogens (tertiary/aromatic N) is 4. The third-order valence-corrected chi connectivity index (χ3v) is 6.86. The first kappa shape index (κ1) is 26.2. The van der Waals surface area contributed by atoms with Crippen molar-refractivity contribution in [2.75, 3.05) is 10.2 Å². The number of aromatic nitrogens is 3. The molecule has 2 aromatic heterocycles. The molecule has 1 N–H and O–H groups in total. The Labute approximate surface area is 235 Å². The zero-order chi connectivity index (χ0) is 29.1. The van der Waals surface area contributed by atoms with Gasteiger partial charge in [-0.25, -0.2) is 14.4 Å². The number of halogens is 4. The summed E-state index contributed by atoms with van der Waals surface area (Å²) in [5, 5.41) is 6.75. The molecule has 0 radical (unpaired) electrons. The molecule has 3 aromatic carbocycles. The molecule has 0 saturated carbocycles. The van der Waals surface area contributed by atoms with Crippen molar-refractivity contribution < 1.29 is 27.6 Å². The fourth-order valence-corrected chi connectivity index (χ4v) is 4.87. The molecule has 0 atom stereocenters. The van der Waals surface area contributed by atoms with Crippen molar-refractivity contribution in [3.63, 3.8) is 0 Å². The molecule has 1 aliphatic rings. The van der Waals surface area contributed by atoms with Gasteiger partial charge in [0.1, 0.15) is 5.56 Å². The van der Waals surface area contributed by atoms with Gasteiger partial charge in [-0.3, -0.25) is 14.4 Å². The van der Waals surface area contributed by atoms with Crippen molar-refractivity contribution in [3.05, 3.63) is 112 Å². The number of nitrogens with one attached hydrogen (secondary N) is 1. The van der Waals surface area contributed by atoms with Crippen LogP contribution in [-0.4, -0.2) is 32.3 Å². The normalized spacial score (nSPS) is 13.1. The van der Waals surface area contributed by atoms with Gasteiger partial charge in [-0.1, -0.05) is 41.9 Å². The van der Waals surface area contributed by atoms with Crippen LogP contribution < -0.4 is 10.2 Å². The van der Waals surface area contributed by atoms with E-state index in [4.69, 9.17) is 11.6 Å². The largest absolute Gasteiger partial charge is 0.433 e. The number of hydrogen-bond donors (Lipinski definition) is 1. The summed E-state index contributed by atoms with van der Waals surface area (Å²) in [5.74, 6) is -1.78. The first-order chi connectivity index (χ1) is 19.5. The van der Waals surface area contributed by atoms with E-state index >= 15 is 0 Å². The second-order valence-electron chi connectivity index (χ2n) is 9.28. The monoisotopic (exact) mass is 575 g/mol. The Morgan fingerprint density at radius 3 is 2.37 bits per heavy atom. The molecule has 12 heteroatoms. The topological polar surface area (TPSA) is 96.7 Å². The standard InChI is InChI=1S/C29H17ClF3N5O3/c1-15-11-18(8-10-23(15)37-27(40)19-9-7-17(30)12-20(19)28(37)41)35-26(39)21-14-34-38-24(29(31,32)33)13-22(36-25(21)38)16-5-3-2-4-6-16/h2-14H,1H3,(H,35,39). The highest BCUT2D eigenvalue weighted by Crippen LogP contribution is 2.35. The van der Waals surface area contributed by atoms with Crippen LogP contribution in [0.2, 0.25) is 5.02 Å². The van der Waals surface area contributed by atoms with Gasteiger partial charge in [-0.2, -0.15) is 18.3 Å². The summed E-state index contributed by atoms with van der Waals surface area (Å²) >= 11 is 5.99. The molecule has 0 saturated heterocycles. The SMILES string of the molecule is Cc1cc(NC(=O)c2cnn3c(C(F)(F)F)cc(-c4ccccc4)nc23)ccc1N1C(=O)c2ccc(Cl)cc2C1=O. The predicted octanol–water partition coefficient (Wildman–Crippen LogP) is 6.43. The summed E-state index contributed by atoms with van der Waals surface area (Å²) in [5.41, 5.74) is 0.446. The number of amides is 3. The fourth-order valence-electron chi connectivity index (χ4n) is 4.70. The van der Waals surface area contributed by atoms with Crippen LogP contribution in [0.15, 0.2) is 79.0 Å². The van der Waals surface area contributed by atoms with Crippen LogP contribution in [0.5, 0.6) is 0 Å². The molecule has 6 rings (SSSR count). The molecule has 0 aliphatic carbocycles. The van der Waals surface area contributed by atoms with Crippen molar-refractivity contribution >= 4 is 46.3 Å². The molecule has 0 bridgehead atoms. The fraction of sp³-hybridized carbons (Fsp3) is 0.0690. The number of imide groups is 1. The lowest BCUT2D eigenvalue weighted by atomic mass is 10.1. The summed E-state index contributed by atoms with van der Waals surface area (Å²) < 4.78 is 42.3. The van der Waals surface area contributed by atoms with E-state index in [0.29, 0.717) is 26.4 Å². The van der Waals surface area contributed by atoms with Crippen LogP contribution >= 0.6 is 11.6 Å². The molecule has 204 valence electrons. The molecule has 0 fully saturated rings. The lowest BCUT2D eigenvalue weighted by Crippen LogP contribution is -2.30. The highest BCUT2D eigenvalue weighted by molar-refractivity contribution is 6.37. The van der Waals surface area contributed by atoms with Gasteiger partial charge in [-0.05, 0) is 55.0 Å². The number of rotatable bonds is 4. The quantitative estimate of drug-likeness (QED) is 0.249. The highest BCUT2D eigenvalue weighted by atomic mass is 35.5. The molecular formula is C29H17ClF3N5O3. The Bertz CT molecular complexity index is 1900. The molecular weight excluding hydrogens is 559 g/mol. The van der Waals surface area contributed by atoms with E-state index < -0.39 is 29.6 Å². The molecule has 41 heavy (non-hydrogen) atoms. The Hall–Kier alpha value is -5.03. The van der Waals surface area contributed by atoms with Gasteiger partial charge in [0.15, 0.2) is 11.3 Å². The minimum Gasteiger partial charge on any atom is -0.322 e. The Balaban J connectivity index is 1.32. The number of carbonyl (C=O) groups is 3. The van der Waals surface area contributed by atoms with E-state index in [1.165, 1.54) is 30.3 Å². The van der Waals surface area contributed by atoms with Gasteiger partial charge >= 0.3 is 6.18 Å². The van der Waals surface area contributed by atoms with Gasteiger partial charge in [0.25, 0.3) is 17.7 Å². The average Bonchev–Trinajstić information content (AvgIpc) is 3.47. The number of benzene rings is 3. The molecule has 8 nitrogen and oxygen atoms in total. The predicted molar refractivity (Wildman–Crippen MR) is 145 cm³/mol. The van der Waals surface area contributed by atoms with E-state index in [-0.39, 0.29) is 33.7 Å². The van der Waals surface area contributed by atoms with E-state index in [1.807, 2.05) is 0 Å². The summed E-state index contributed by atoms with van der Waals surface area (Å²) in [6.45, 7) is 1.65. The van der Waals surface area contributed by atoms with Gasteiger partial charge in [0.05, 0.1) is 28.7 Å². The molecule has 5 aromatic rings. The van der Waals surface area contributed by atoms with Crippen LogP contribution in [0.1, 0.15) is 42.3 Å². The van der Waals surface area contributed by atoms with Crippen LogP contribution in [0.4, 0.5) is 24.5 Å². The number of fused-ring (bicyclic) bond motifs is 2. The van der Waals surface area contributed by atoms with Gasteiger partial charge < -0.3 is 5.32 Å². The number of anilines is 2. The van der Waals surface area contributed by atoms with E-state index in [9.17, 15) is 27.6 Å². The highest BCUT2D eigenvalue weighted by Gasteiger charge is 2.38. The zero-order valence-corrected chi connectivity index (χ0v) is 21.8. The summed E-state index contributed by atoms with van der Waals surface area (Å²) in [6, 6.07) is 18.1. The lowest BCUT2D eigenvalue weighted by molar-refractivity contribution is -0.142. The lowest BCUT2D eigenvalue weighted by Gasteiger charge is -2.17. The van der Waals surface area contributed by atoms with Crippen molar-refractivity contribution in [1.82, 2.24) is 14.6 Å². The second kappa shape index (κ2) is 9.56. The number of aryl methyl sites for hydroxylation is 1. The third-order valence-electron chi connectivity index (χ3n) is 6.62. The van der Waals surface area contributed by atoms with Crippen molar-refractivity contribution in [2.24, 2.45) is 0 Å². The Kier molecular flexibility index (Phi) is 6.11. The maximum Gasteiger partial charge on any atom is 0.433 e. The van der Waals surface area contributed by atoms with E-state index in [2.05, 4.69) is 15.4 Å². The summed E-state index contributed by atoms with van der Waals surface area (Å²) in [6.07, 6.45) is -3.74. The molecule has 0 unspecified atom stereocenters. The minimum absolute atomic E-state index is 0.0300. The third kappa shape index (κ3) is 4.49. The van der Waals surface area contributed by atoms with Gasteiger partial charge in [-0.15, -0.1) is 0 Å². The first-order valence-electron chi connectivity index (χ1n) is 12.1. The van der Waals surface area contributed by atoms with Gasteiger partial charge in [0, 0.05) is 16.3 Å². The average molecular weight is 576 g/mol. The minimum atomic E-state index is -4.76. The molecule has 3 heterocycles. The van der Waals surface area contributed by atoms with Crippen LogP contribution in [-0.2, 0) is 6.18 Å². The van der Waals surface area contributed by atoms with Crippen molar-refractivity contribution in [1.29, 1.82) is 0 Å². The van der Waals surface area contributed by atoms with Crippen LogP contribution in [0.3, 0.4) is 0 Å². The summed E-state index contributed by atoms with van der Waals surface area (Å²) in [7, 11) is 0. The molecule has 3 amide bonds.